The van der Waals surface area contributed by atoms with Gasteiger partial charge in [-0.25, -0.2) is 0 Å². The summed E-state index contributed by atoms with van der Waals surface area (Å²) in [5.41, 5.74) is 1.07. The number of rotatable bonds is 5. The molecule has 0 aliphatic carbocycles. The van der Waals surface area contributed by atoms with Crippen LogP contribution in [0.4, 0.5) is 0 Å². The van der Waals surface area contributed by atoms with E-state index in [1.807, 2.05) is 35.2 Å². The molecular weight excluding hydrogens is 358 g/mol. The molecule has 0 radical (unpaired) electrons. The Balaban J connectivity index is 1.68. The number of likely N-dealkylation sites (tertiary alicyclic amines) is 1. The van der Waals surface area contributed by atoms with E-state index in [1.165, 1.54) is 11.8 Å². The maximum atomic E-state index is 12.6. The lowest BCUT2D eigenvalue weighted by molar-refractivity contribution is -0.130. The Morgan fingerprint density at radius 2 is 1.67 bits per heavy atom. The highest BCUT2D eigenvalue weighted by molar-refractivity contribution is 7.99. The Kier molecular flexibility index (Phi) is 6.50. The Bertz CT molecular complexity index is 870. The Labute approximate surface area is 163 Å². The second-order valence-corrected chi connectivity index (χ2v) is 7.41. The van der Waals surface area contributed by atoms with Crippen molar-refractivity contribution in [3.8, 4) is 6.07 Å². The molecule has 1 fully saturated rings. The van der Waals surface area contributed by atoms with Crippen LogP contribution in [-0.2, 0) is 4.79 Å². The third-order valence-corrected chi connectivity index (χ3v) is 5.62. The molecule has 0 unspecified atom stereocenters. The molecule has 2 aromatic carbocycles. The van der Waals surface area contributed by atoms with E-state index in [1.54, 1.807) is 18.2 Å². The number of benzene rings is 2. The number of carbonyl (C=O) groups excluding carboxylic acids is 2. The van der Waals surface area contributed by atoms with Crippen molar-refractivity contribution in [3.05, 3.63) is 59.7 Å². The van der Waals surface area contributed by atoms with Crippen molar-refractivity contribution >= 4 is 23.6 Å². The first-order valence-electron chi connectivity index (χ1n) is 9.01. The lowest BCUT2D eigenvalue weighted by atomic mass is 10.1. The van der Waals surface area contributed by atoms with E-state index < -0.39 is 0 Å². The molecule has 1 heterocycles. The second kappa shape index (κ2) is 9.24. The molecule has 2 amide bonds. The SMILES string of the molecule is N#Cc1ccccc1Sc1ccccc1C(=O)NCC(=O)N1CCCCC1. The Morgan fingerprint density at radius 3 is 2.41 bits per heavy atom. The maximum Gasteiger partial charge on any atom is 0.252 e. The van der Waals surface area contributed by atoms with E-state index in [0.29, 0.717) is 11.1 Å². The van der Waals surface area contributed by atoms with Gasteiger partial charge in [0.15, 0.2) is 0 Å². The normalized spacial score (nSPS) is 13.7. The highest BCUT2D eigenvalue weighted by atomic mass is 32.2. The zero-order valence-electron chi connectivity index (χ0n) is 15.0. The van der Waals surface area contributed by atoms with Gasteiger partial charge in [-0.1, -0.05) is 36.0 Å². The Hall–Kier alpha value is -2.78. The molecule has 138 valence electrons. The van der Waals surface area contributed by atoms with Crippen molar-refractivity contribution in [2.24, 2.45) is 0 Å². The molecule has 0 aromatic heterocycles. The minimum Gasteiger partial charge on any atom is -0.343 e. The summed E-state index contributed by atoms with van der Waals surface area (Å²) in [7, 11) is 0. The fourth-order valence-corrected chi connectivity index (χ4v) is 4.04. The third kappa shape index (κ3) is 4.89. The molecule has 1 aliphatic rings. The van der Waals surface area contributed by atoms with Crippen LogP contribution in [-0.4, -0.2) is 36.3 Å². The molecule has 1 saturated heterocycles. The largest absolute Gasteiger partial charge is 0.343 e. The monoisotopic (exact) mass is 379 g/mol. The van der Waals surface area contributed by atoms with Crippen molar-refractivity contribution in [2.75, 3.05) is 19.6 Å². The zero-order valence-corrected chi connectivity index (χ0v) is 15.8. The number of nitrogens with zero attached hydrogens (tertiary/aromatic N) is 2. The van der Waals surface area contributed by atoms with Gasteiger partial charge in [0.2, 0.25) is 5.91 Å². The molecule has 0 atom stereocenters. The van der Waals surface area contributed by atoms with Crippen LogP contribution < -0.4 is 5.32 Å². The van der Waals surface area contributed by atoms with Gasteiger partial charge in [-0.05, 0) is 43.5 Å². The van der Waals surface area contributed by atoms with Crippen LogP contribution in [0.25, 0.3) is 0 Å². The number of hydrogen-bond acceptors (Lipinski definition) is 4. The number of nitriles is 1. The zero-order chi connectivity index (χ0) is 19.1. The second-order valence-electron chi connectivity index (χ2n) is 6.33. The first-order valence-corrected chi connectivity index (χ1v) is 9.82. The Morgan fingerprint density at radius 1 is 1.00 bits per heavy atom. The van der Waals surface area contributed by atoms with Gasteiger partial charge in [-0.15, -0.1) is 0 Å². The minimum absolute atomic E-state index is 0.00656. The van der Waals surface area contributed by atoms with Crippen molar-refractivity contribution in [2.45, 2.75) is 29.1 Å². The number of carbonyl (C=O) groups is 2. The van der Waals surface area contributed by atoms with Crippen LogP contribution in [0.2, 0.25) is 0 Å². The van der Waals surface area contributed by atoms with Crippen molar-refractivity contribution in [3.63, 3.8) is 0 Å². The molecule has 0 spiro atoms. The molecule has 5 nitrogen and oxygen atoms in total. The van der Waals surface area contributed by atoms with Crippen LogP contribution in [0.5, 0.6) is 0 Å². The summed E-state index contributed by atoms with van der Waals surface area (Å²) in [6.07, 6.45) is 3.21. The van der Waals surface area contributed by atoms with Gasteiger partial charge < -0.3 is 10.2 Å². The van der Waals surface area contributed by atoms with Gasteiger partial charge >= 0.3 is 0 Å². The molecule has 2 aromatic rings. The summed E-state index contributed by atoms with van der Waals surface area (Å²) in [6.45, 7) is 1.55. The van der Waals surface area contributed by atoms with Crippen molar-refractivity contribution < 1.29 is 9.59 Å². The van der Waals surface area contributed by atoms with Gasteiger partial charge in [0.25, 0.3) is 5.91 Å². The van der Waals surface area contributed by atoms with E-state index in [4.69, 9.17) is 0 Å². The average Bonchev–Trinajstić information content (AvgIpc) is 2.73. The fourth-order valence-electron chi connectivity index (χ4n) is 3.02. The molecule has 1 N–H and O–H groups in total. The van der Waals surface area contributed by atoms with Crippen LogP contribution in [0.3, 0.4) is 0 Å². The minimum atomic E-state index is -0.280. The first kappa shape index (κ1) is 19.0. The predicted molar refractivity (Wildman–Crippen MR) is 104 cm³/mol. The maximum absolute atomic E-state index is 12.6. The number of nitrogens with one attached hydrogen (secondary N) is 1. The lowest BCUT2D eigenvalue weighted by Gasteiger charge is -2.26. The quantitative estimate of drug-likeness (QED) is 0.864. The third-order valence-electron chi connectivity index (χ3n) is 4.47. The number of amides is 2. The molecule has 3 rings (SSSR count). The molecule has 1 aliphatic heterocycles. The standard InChI is InChI=1S/C21H21N3O2S/c22-14-16-8-2-4-10-18(16)27-19-11-5-3-9-17(19)21(26)23-15-20(25)24-12-6-1-7-13-24/h2-5,8-11H,1,6-7,12-13,15H2,(H,23,26). The van der Waals surface area contributed by atoms with E-state index in [9.17, 15) is 14.9 Å². The van der Waals surface area contributed by atoms with Gasteiger partial charge in [0.1, 0.15) is 6.07 Å². The van der Waals surface area contributed by atoms with Crippen LogP contribution in [0, 0.1) is 11.3 Å². The summed E-state index contributed by atoms with van der Waals surface area (Å²) in [5.74, 6) is -0.319. The first-order chi connectivity index (χ1) is 13.2. The molecular formula is C21H21N3O2S. The van der Waals surface area contributed by atoms with Crippen LogP contribution >= 0.6 is 11.8 Å². The van der Waals surface area contributed by atoms with E-state index >= 15 is 0 Å². The van der Waals surface area contributed by atoms with E-state index in [0.717, 1.165) is 42.1 Å². The van der Waals surface area contributed by atoms with Crippen LogP contribution in [0.15, 0.2) is 58.3 Å². The van der Waals surface area contributed by atoms with Crippen molar-refractivity contribution in [1.29, 1.82) is 5.26 Å². The molecule has 27 heavy (non-hydrogen) atoms. The van der Waals surface area contributed by atoms with Gasteiger partial charge in [0, 0.05) is 22.9 Å². The molecule has 0 bridgehead atoms. The average molecular weight is 379 g/mol. The highest BCUT2D eigenvalue weighted by Gasteiger charge is 2.18. The predicted octanol–water partition coefficient (Wildman–Crippen LogP) is 3.45. The van der Waals surface area contributed by atoms with Gasteiger partial charge in [-0.3, -0.25) is 9.59 Å². The summed E-state index contributed by atoms with van der Waals surface area (Å²) >= 11 is 1.38. The van der Waals surface area contributed by atoms with Gasteiger partial charge in [0.05, 0.1) is 17.7 Å². The topological polar surface area (TPSA) is 73.2 Å². The fraction of sp³-hybridized carbons (Fsp3) is 0.286. The lowest BCUT2D eigenvalue weighted by Crippen LogP contribution is -2.42. The van der Waals surface area contributed by atoms with Crippen molar-refractivity contribution in [1.82, 2.24) is 10.2 Å². The van der Waals surface area contributed by atoms with E-state index in [2.05, 4.69) is 11.4 Å². The van der Waals surface area contributed by atoms with Crippen LogP contribution in [0.1, 0.15) is 35.2 Å². The smallest absolute Gasteiger partial charge is 0.252 e. The summed E-state index contributed by atoms with van der Waals surface area (Å²) in [4.78, 5) is 28.3. The summed E-state index contributed by atoms with van der Waals surface area (Å²) in [6, 6.07) is 16.7. The van der Waals surface area contributed by atoms with Gasteiger partial charge in [-0.2, -0.15) is 5.26 Å². The number of hydrogen-bond donors (Lipinski definition) is 1. The highest BCUT2D eigenvalue weighted by Crippen LogP contribution is 2.32. The summed E-state index contributed by atoms with van der Waals surface area (Å²) < 4.78 is 0. The molecule has 0 saturated carbocycles. The number of piperidine rings is 1. The van der Waals surface area contributed by atoms with E-state index in [-0.39, 0.29) is 18.4 Å². The molecule has 6 heteroatoms. The summed E-state index contributed by atoms with van der Waals surface area (Å²) in [5, 5.41) is 12.0.